The third-order valence-electron chi connectivity index (χ3n) is 1.77. The smallest absolute Gasteiger partial charge is 0.340 e. The molecule has 16 heavy (non-hydrogen) atoms. The minimum Gasteiger partial charge on any atom is -0.487 e. The molecule has 1 nitrogen and oxygen atoms in total. The molecule has 0 atom stereocenters. The standard InChI is InChI=1S/C10H9F5O/c1-6-2-7(11)4-8(3-6)16-5-10(14,15)9(12)13/h2-4,9H,5H2,1H3. The summed E-state index contributed by atoms with van der Waals surface area (Å²) >= 11 is 0. The number of benzene rings is 1. The van der Waals surface area contributed by atoms with Gasteiger partial charge in [-0.2, -0.15) is 8.78 Å². The van der Waals surface area contributed by atoms with Gasteiger partial charge in [-0.3, -0.25) is 0 Å². The highest BCUT2D eigenvalue weighted by atomic mass is 19.3. The van der Waals surface area contributed by atoms with Gasteiger partial charge in [-0.25, -0.2) is 13.2 Å². The van der Waals surface area contributed by atoms with Crippen LogP contribution < -0.4 is 4.74 Å². The molecule has 0 radical (unpaired) electrons. The van der Waals surface area contributed by atoms with Crippen molar-refractivity contribution in [2.75, 3.05) is 6.61 Å². The van der Waals surface area contributed by atoms with E-state index in [4.69, 9.17) is 0 Å². The van der Waals surface area contributed by atoms with Crippen LogP contribution in [0.15, 0.2) is 18.2 Å². The van der Waals surface area contributed by atoms with Gasteiger partial charge in [0.25, 0.3) is 0 Å². The Labute approximate surface area is 88.8 Å². The number of rotatable bonds is 4. The molecule has 0 fully saturated rings. The summed E-state index contributed by atoms with van der Waals surface area (Å²) in [4.78, 5) is 0. The van der Waals surface area contributed by atoms with Crippen LogP contribution in [-0.4, -0.2) is 19.0 Å². The van der Waals surface area contributed by atoms with Crippen LogP contribution >= 0.6 is 0 Å². The molecule has 0 amide bonds. The zero-order chi connectivity index (χ0) is 12.3. The van der Waals surface area contributed by atoms with Crippen molar-refractivity contribution in [2.24, 2.45) is 0 Å². The van der Waals surface area contributed by atoms with Crippen LogP contribution in [0.2, 0.25) is 0 Å². The topological polar surface area (TPSA) is 9.23 Å². The Morgan fingerprint density at radius 1 is 1.25 bits per heavy atom. The second-order valence-electron chi connectivity index (χ2n) is 3.31. The number of hydrogen-bond donors (Lipinski definition) is 0. The molecule has 0 saturated carbocycles. The highest BCUT2D eigenvalue weighted by Crippen LogP contribution is 2.25. The molecule has 1 aromatic rings. The number of hydrogen-bond acceptors (Lipinski definition) is 1. The second kappa shape index (κ2) is 4.67. The SMILES string of the molecule is Cc1cc(F)cc(OCC(F)(F)C(F)F)c1. The molecule has 0 spiro atoms. The maximum atomic E-state index is 12.8. The van der Waals surface area contributed by atoms with Gasteiger partial charge in [0.2, 0.25) is 0 Å². The summed E-state index contributed by atoms with van der Waals surface area (Å²) in [6, 6.07) is 3.30. The van der Waals surface area contributed by atoms with Gasteiger partial charge in [0.15, 0.2) is 6.61 Å². The van der Waals surface area contributed by atoms with Crippen LogP contribution in [0.1, 0.15) is 5.56 Å². The van der Waals surface area contributed by atoms with E-state index in [1.807, 2.05) is 0 Å². The molecule has 1 rings (SSSR count). The molecule has 0 unspecified atom stereocenters. The van der Waals surface area contributed by atoms with Gasteiger partial charge >= 0.3 is 12.3 Å². The van der Waals surface area contributed by atoms with Crippen molar-refractivity contribution in [1.29, 1.82) is 0 Å². The molecule has 0 saturated heterocycles. The highest BCUT2D eigenvalue weighted by Gasteiger charge is 2.41. The van der Waals surface area contributed by atoms with Crippen molar-refractivity contribution in [3.05, 3.63) is 29.6 Å². The molecule has 0 aliphatic carbocycles. The van der Waals surface area contributed by atoms with E-state index in [-0.39, 0.29) is 5.75 Å². The van der Waals surface area contributed by atoms with E-state index in [0.717, 1.165) is 12.1 Å². The van der Waals surface area contributed by atoms with Crippen LogP contribution in [0.4, 0.5) is 22.0 Å². The molecule has 6 heteroatoms. The van der Waals surface area contributed by atoms with Gasteiger partial charge in [0, 0.05) is 6.07 Å². The minimum atomic E-state index is -4.24. The highest BCUT2D eigenvalue weighted by molar-refractivity contribution is 5.28. The van der Waals surface area contributed by atoms with Crippen LogP contribution in [0.3, 0.4) is 0 Å². The van der Waals surface area contributed by atoms with Crippen LogP contribution in [-0.2, 0) is 0 Å². The molecule has 0 bridgehead atoms. The predicted molar refractivity (Wildman–Crippen MR) is 47.6 cm³/mol. The fourth-order valence-electron chi connectivity index (χ4n) is 1.03. The van der Waals surface area contributed by atoms with E-state index in [1.165, 1.54) is 13.0 Å². The Balaban J connectivity index is 2.68. The fraction of sp³-hybridized carbons (Fsp3) is 0.400. The lowest BCUT2D eigenvalue weighted by Crippen LogP contribution is -2.33. The van der Waals surface area contributed by atoms with Crippen molar-refractivity contribution >= 4 is 0 Å². The number of halogens is 5. The molecule has 0 aliphatic rings. The van der Waals surface area contributed by atoms with Crippen molar-refractivity contribution in [3.8, 4) is 5.75 Å². The minimum absolute atomic E-state index is 0.196. The monoisotopic (exact) mass is 240 g/mol. The van der Waals surface area contributed by atoms with E-state index in [1.54, 1.807) is 0 Å². The van der Waals surface area contributed by atoms with Crippen molar-refractivity contribution in [3.63, 3.8) is 0 Å². The van der Waals surface area contributed by atoms with Gasteiger partial charge in [0.05, 0.1) is 0 Å². The summed E-state index contributed by atoms with van der Waals surface area (Å²) in [5.74, 6) is -5.10. The molecule has 0 aliphatic heterocycles. The van der Waals surface area contributed by atoms with Gasteiger partial charge < -0.3 is 4.74 Å². The Morgan fingerprint density at radius 2 is 1.88 bits per heavy atom. The summed E-state index contributed by atoms with van der Waals surface area (Å²) in [6.07, 6.45) is -3.80. The van der Waals surface area contributed by atoms with E-state index >= 15 is 0 Å². The van der Waals surface area contributed by atoms with Crippen molar-refractivity contribution in [1.82, 2.24) is 0 Å². The zero-order valence-corrected chi connectivity index (χ0v) is 8.31. The predicted octanol–water partition coefficient (Wildman–Crippen LogP) is 3.41. The molecule has 0 heterocycles. The normalized spacial score (nSPS) is 11.9. The van der Waals surface area contributed by atoms with Crippen LogP contribution in [0.25, 0.3) is 0 Å². The Bertz CT molecular complexity index is 344. The van der Waals surface area contributed by atoms with Crippen LogP contribution in [0, 0.1) is 12.7 Å². The summed E-state index contributed by atoms with van der Waals surface area (Å²) in [6.45, 7) is 0.0504. The fourth-order valence-corrected chi connectivity index (χ4v) is 1.03. The van der Waals surface area contributed by atoms with E-state index in [0.29, 0.717) is 5.56 Å². The first-order chi connectivity index (χ1) is 7.31. The quantitative estimate of drug-likeness (QED) is 0.733. The van der Waals surface area contributed by atoms with E-state index < -0.39 is 24.8 Å². The van der Waals surface area contributed by atoms with Gasteiger partial charge in [0.1, 0.15) is 11.6 Å². The molecular weight excluding hydrogens is 231 g/mol. The Morgan fingerprint density at radius 3 is 2.38 bits per heavy atom. The van der Waals surface area contributed by atoms with Gasteiger partial charge in [-0.1, -0.05) is 0 Å². The molecule has 1 aromatic carbocycles. The second-order valence-corrected chi connectivity index (χ2v) is 3.31. The van der Waals surface area contributed by atoms with Gasteiger partial charge in [-0.15, -0.1) is 0 Å². The maximum Gasteiger partial charge on any atom is 0.340 e. The maximum absolute atomic E-state index is 12.8. The first kappa shape index (κ1) is 12.7. The molecular formula is C10H9F5O. The van der Waals surface area contributed by atoms with Crippen LogP contribution in [0.5, 0.6) is 5.75 Å². The van der Waals surface area contributed by atoms with Crippen molar-refractivity contribution in [2.45, 2.75) is 19.3 Å². The average molecular weight is 240 g/mol. The largest absolute Gasteiger partial charge is 0.487 e. The third kappa shape index (κ3) is 3.36. The lowest BCUT2D eigenvalue weighted by Gasteiger charge is -2.16. The summed E-state index contributed by atoms with van der Waals surface area (Å²) < 4.78 is 65.7. The Kier molecular flexibility index (Phi) is 3.72. The van der Waals surface area contributed by atoms with E-state index in [2.05, 4.69) is 4.74 Å². The first-order valence-electron chi connectivity index (χ1n) is 4.37. The number of aryl methyl sites for hydroxylation is 1. The molecule has 0 aromatic heterocycles. The summed E-state index contributed by atoms with van der Waals surface area (Å²) in [7, 11) is 0. The zero-order valence-electron chi connectivity index (χ0n) is 8.31. The lowest BCUT2D eigenvalue weighted by molar-refractivity contribution is -0.148. The average Bonchev–Trinajstić information content (AvgIpc) is 2.13. The molecule has 0 N–H and O–H groups in total. The Hall–Kier alpha value is -1.33. The van der Waals surface area contributed by atoms with Gasteiger partial charge in [-0.05, 0) is 24.6 Å². The number of ether oxygens (including phenoxy) is 1. The van der Waals surface area contributed by atoms with E-state index in [9.17, 15) is 22.0 Å². The first-order valence-corrected chi connectivity index (χ1v) is 4.37. The summed E-state index contributed by atoms with van der Waals surface area (Å²) in [5.41, 5.74) is 0.454. The van der Waals surface area contributed by atoms with Crippen molar-refractivity contribution < 1.29 is 26.7 Å². The summed E-state index contributed by atoms with van der Waals surface area (Å²) in [5, 5.41) is 0. The lowest BCUT2D eigenvalue weighted by atomic mass is 10.2. The molecule has 90 valence electrons. The number of alkyl halides is 4. The third-order valence-corrected chi connectivity index (χ3v) is 1.77.